The van der Waals surface area contributed by atoms with Crippen molar-refractivity contribution >= 4 is 0 Å². The maximum atomic E-state index is 5.59. The zero-order valence-corrected chi connectivity index (χ0v) is 13.4. The van der Waals surface area contributed by atoms with E-state index in [0.29, 0.717) is 6.04 Å². The largest absolute Gasteiger partial charge is 0.353 e. The van der Waals surface area contributed by atoms with Crippen LogP contribution in [-0.4, -0.2) is 56.1 Å². The molecule has 0 aromatic rings. The Balaban J connectivity index is 1.69. The van der Waals surface area contributed by atoms with Crippen LogP contribution in [0.25, 0.3) is 0 Å². The van der Waals surface area contributed by atoms with Crippen LogP contribution < -0.4 is 5.32 Å². The van der Waals surface area contributed by atoms with E-state index >= 15 is 0 Å². The van der Waals surface area contributed by atoms with Crippen LogP contribution in [0, 0.1) is 0 Å². The highest BCUT2D eigenvalue weighted by Gasteiger charge is 2.35. The fraction of sp³-hybridized carbons (Fsp3) is 1.00. The smallest absolute Gasteiger partial charge is 0.158 e. The third kappa shape index (κ3) is 4.42. The number of ether oxygens (including phenoxy) is 2. The lowest BCUT2D eigenvalue weighted by atomic mass is 9.82. The van der Waals surface area contributed by atoms with E-state index in [2.05, 4.69) is 17.3 Å². The van der Waals surface area contributed by atoms with E-state index in [1.54, 1.807) is 0 Å². The SMILES string of the molecule is CCOC(CCNC1CC2CCCC(C1)N2C)OCC. The van der Waals surface area contributed by atoms with Gasteiger partial charge in [-0.15, -0.1) is 0 Å². The molecule has 0 radical (unpaired) electrons. The second-order valence-electron chi connectivity index (χ2n) is 6.16. The van der Waals surface area contributed by atoms with E-state index in [1.807, 2.05) is 13.8 Å². The maximum absolute atomic E-state index is 5.59. The summed E-state index contributed by atoms with van der Waals surface area (Å²) < 4.78 is 11.2. The first-order valence-corrected chi connectivity index (χ1v) is 8.43. The van der Waals surface area contributed by atoms with Crippen LogP contribution in [0.5, 0.6) is 0 Å². The number of hydrogen-bond acceptors (Lipinski definition) is 4. The van der Waals surface area contributed by atoms with E-state index in [0.717, 1.165) is 38.3 Å². The molecule has 2 aliphatic rings. The fourth-order valence-corrected chi connectivity index (χ4v) is 3.77. The summed E-state index contributed by atoms with van der Waals surface area (Å²) in [6.07, 6.45) is 7.70. The highest BCUT2D eigenvalue weighted by molar-refractivity contribution is 4.93. The molecule has 1 N–H and O–H groups in total. The molecule has 4 nitrogen and oxygen atoms in total. The van der Waals surface area contributed by atoms with Crippen molar-refractivity contribution in [2.24, 2.45) is 0 Å². The molecule has 4 heteroatoms. The number of piperidine rings is 2. The zero-order chi connectivity index (χ0) is 14.4. The highest BCUT2D eigenvalue weighted by atomic mass is 16.7. The number of nitrogens with zero attached hydrogens (tertiary/aromatic N) is 1. The Morgan fingerprint density at radius 2 is 1.70 bits per heavy atom. The Hall–Kier alpha value is -0.160. The van der Waals surface area contributed by atoms with Gasteiger partial charge < -0.3 is 19.7 Å². The van der Waals surface area contributed by atoms with Crippen molar-refractivity contribution in [2.45, 2.75) is 76.8 Å². The van der Waals surface area contributed by atoms with E-state index in [9.17, 15) is 0 Å². The van der Waals surface area contributed by atoms with Gasteiger partial charge in [0, 0.05) is 44.3 Å². The third-order valence-corrected chi connectivity index (χ3v) is 4.86. The highest BCUT2D eigenvalue weighted by Crippen LogP contribution is 2.32. The van der Waals surface area contributed by atoms with Gasteiger partial charge in [-0.2, -0.15) is 0 Å². The van der Waals surface area contributed by atoms with Crippen LogP contribution in [0.3, 0.4) is 0 Å². The minimum atomic E-state index is -0.0386. The molecule has 2 heterocycles. The van der Waals surface area contributed by atoms with Gasteiger partial charge in [0.05, 0.1) is 0 Å². The first kappa shape index (κ1) is 16.2. The van der Waals surface area contributed by atoms with Crippen molar-refractivity contribution < 1.29 is 9.47 Å². The molecule has 2 unspecified atom stereocenters. The summed E-state index contributed by atoms with van der Waals surface area (Å²) in [5.41, 5.74) is 0. The number of nitrogens with one attached hydrogen (secondary N) is 1. The minimum Gasteiger partial charge on any atom is -0.353 e. The molecule has 0 saturated carbocycles. The fourth-order valence-electron chi connectivity index (χ4n) is 3.77. The molecule has 0 spiro atoms. The first-order chi connectivity index (χ1) is 9.74. The van der Waals surface area contributed by atoms with Gasteiger partial charge in [-0.05, 0) is 46.6 Å². The zero-order valence-electron chi connectivity index (χ0n) is 13.4. The Bertz CT molecular complexity index is 255. The molecule has 2 bridgehead atoms. The predicted molar refractivity (Wildman–Crippen MR) is 81.9 cm³/mol. The summed E-state index contributed by atoms with van der Waals surface area (Å²) in [7, 11) is 2.31. The summed E-state index contributed by atoms with van der Waals surface area (Å²) in [6, 6.07) is 2.29. The van der Waals surface area contributed by atoms with E-state index in [1.165, 1.54) is 32.1 Å². The number of rotatable bonds is 8. The topological polar surface area (TPSA) is 33.7 Å². The molecule has 2 saturated heterocycles. The molecule has 118 valence electrons. The molecular formula is C16H32N2O2. The van der Waals surface area contributed by atoms with Crippen LogP contribution in [0.4, 0.5) is 0 Å². The van der Waals surface area contributed by atoms with Gasteiger partial charge in [0.2, 0.25) is 0 Å². The van der Waals surface area contributed by atoms with Crippen LogP contribution >= 0.6 is 0 Å². The normalized spacial score (nSPS) is 30.9. The molecule has 0 aliphatic carbocycles. The van der Waals surface area contributed by atoms with Crippen LogP contribution in [0.1, 0.15) is 52.4 Å². The van der Waals surface area contributed by atoms with Crippen LogP contribution in [0.2, 0.25) is 0 Å². The van der Waals surface area contributed by atoms with Gasteiger partial charge in [0.1, 0.15) is 0 Å². The Morgan fingerprint density at radius 1 is 1.10 bits per heavy atom. The molecule has 2 aliphatic heterocycles. The van der Waals surface area contributed by atoms with E-state index in [-0.39, 0.29) is 6.29 Å². The van der Waals surface area contributed by atoms with Crippen molar-refractivity contribution in [1.82, 2.24) is 10.2 Å². The molecule has 2 rings (SSSR count). The third-order valence-electron chi connectivity index (χ3n) is 4.86. The Labute approximate surface area is 124 Å². The Kier molecular flexibility index (Phi) is 6.75. The van der Waals surface area contributed by atoms with Crippen molar-refractivity contribution in [1.29, 1.82) is 0 Å². The standard InChI is InChI=1S/C16H32N2O2/c1-4-19-16(20-5-2)9-10-17-13-11-14-7-6-8-15(12-13)18(14)3/h13-17H,4-12H2,1-3H3. The number of fused-ring (bicyclic) bond motifs is 2. The molecule has 0 amide bonds. The second-order valence-corrected chi connectivity index (χ2v) is 6.16. The molecule has 20 heavy (non-hydrogen) atoms. The van der Waals surface area contributed by atoms with Crippen LogP contribution in [-0.2, 0) is 9.47 Å². The van der Waals surface area contributed by atoms with Crippen LogP contribution in [0.15, 0.2) is 0 Å². The molecular weight excluding hydrogens is 252 g/mol. The summed E-state index contributed by atoms with van der Waals surface area (Å²) in [5, 5.41) is 3.73. The Morgan fingerprint density at radius 3 is 2.25 bits per heavy atom. The lowest BCUT2D eigenvalue weighted by Crippen LogP contribution is -2.54. The van der Waals surface area contributed by atoms with Gasteiger partial charge in [0.25, 0.3) is 0 Å². The summed E-state index contributed by atoms with van der Waals surface area (Å²) in [5.74, 6) is 0. The molecule has 0 aromatic carbocycles. The number of hydrogen-bond donors (Lipinski definition) is 1. The van der Waals surface area contributed by atoms with Crippen molar-refractivity contribution in [2.75, 3.05) is 26.8 Å². The molecule has 0 aromatic heterocycles. The summed E-state index contributed by atoms with van der Waals surface area (Å²) >= 11 is 0. The average molecular weight is 284 g/mol. The molecule has 2 atom stereocenters. The lowest BCUT2D eigenvalue weighted by molar-refractivity contribution is -0.139. The van der Waals surface area contributed by atoms with E-state index < -0.39 is 0 Å². The average Bonchev–Trinajstić information content (AvgIpc) is 2.40. The van der Waals surface area contributed by atoms with E-state index in [4.69, 9.17) is 9.47 Å². The molecule has 2 fully saturated rings. The van der Waals surface area contributed by atoms with Gasteiger partial charge in [-0.25, -0.2) is 0 Å². The second kappa shape index (κ2) is 8.32. The van der Waals surface area contributed by atoms with Gasteiger partial charge in [-0.1, -0.05) is 6.42 Å². The van der Waals surface area contributed by atoms with Crippen molar-refractivity contribution in [3.8, 4) is 0 Å². The maximum Gasteiger partial charge on any atom is 0.158 e. The van der Waals surface area contributed by atoms with Gasteiger partial charge in [0.15, 0.2) is 6.29 Å². The van der Waals surface area contributed by atoms with Gasteiger partial charge in [-0.3, -0.25) is 0 Å². The lowest BCUT2D eigenvalue weighted by Gasteiger charge is -2.47. The summed E-state index contributed by atoms with van der Waals surface area (Å²) in [4.78, 5) is 2.62. The van der Waals surface area contributed by atoms with Gasteiger partial charge >= 0.3 is 0 Å². The minimum absolute atomic E-state index is 0.0386. The van der Waals surface area contributed by atoms with Crippen molar-refractivity contribution in [3.05, 3.63) is 0 Å². The monoisotopic (exact) mass is 284 g/mol. The predicted octanol–water partition coefficient (Wildman–Crippen LogP) is 2.38. The quantitative estimate of drug-likeness (QED) is 0.694. The summed E-state index contributed by atoms with van der Waals surface area (Å²) in [6.45, 7) is 6.50. The first-order valence-electron chi connectivity index (χ1n) is 8.43. The van der Waals surface area contributed by atoms with Crippen molar-refractivity contribution in [3.63, 3.8) is 0 Å².